The molecule has 0 atom stereocenters. The third kappa shape index (κ3) is 4.86. The number of hydrogen-bond acceptors (Lipinski definition) is 3. The Morgan fingerprint density at radius 3 is 2.38 bits per heavy atom. The van der Waals surface area contributed by atoms with Gasteiger partial charge >= 0.3 is 12.1 Å². The summed E-state index contributed by atoms with van der Waals surface area (Å²) in [7, 11) is 0. The van der Waals surface area contributed by atoms with Gasteiger partial charge in [0, 0.05) is 12.1 Å². The second-order valence-corrected chi connectivity index (χ2v) is 5.35. The highest BCUT2D eigenvalue weighted by molar-refractivity contribution is 5.66. The van der Waals surface area contributed by atoms with E-state index in [2.05, 4.69) is 0 Å². The van der Waals surface area contributed by atoms with Gasteiger partial charge in [-0.2, -0.15) is 13.2 Å². The molecule has 0 amide bonds. The molecule has 2 rings (SSSR count). The molecule has 0 radical (unpaired) electrons. The van der Waals surface area contributed by atoms with Gasteiger partial charge in [-0.25, -0.2) is 0 Å². The Kier molecular flexibility index (Phi) is 5.66. The zero-order valence-corrected chi connectivity index (χ0v) is 13.1. The third-order valence-corrected chi connectivity index (χ3v) is 3.63. The van der Waals surface area contributed by atoms with Crippen molar-refractivity contribution in [2.75, 3.05) is 13.1 Å². The summed E-state index contributed by atoms with van der Waals surface area (Å²) in [6.07, 6.45) is -4.32. The van der Waals surface area contributed by atoms with E-state index >= 15 is 0 Å². The normalized spacial score (nSPS) is 11.9. The van der Waals surface area contributed by atoms with Crippen molar-refractivity contribution in [1.82, 2.24) is 4.90 Å². The second-order valence-electron chi connectivity index (χ2n) is 5.35. The molecule has 0 fully saturated rings. The van der Waals surface area contributed by atoms with E-state index in [0.29, 0.717) is 36.7 Å². The number of carbonyl (C=O) groups is 1. The molecule has 0 saturated carbocycles. The Bertz CT molecular complexity index is 677. The summed E-state index contributed by atoms with van der Waals surface area (Å²) in [5.41, 5.74) is -0.147. The lowest BCUT2D eigenvalue weighted by Crippen LogP contribution is -2.25. The lowest BCUT2D eigenvalue weighted by atomic mass is 10.1. The third-order valence-electron chi connectivity index (χ3n) is 3.63. The van der Waals surface area contributed by atoms with Crippen LogP contribution in [0, 0.1) is 0 Å². The minimum atomic E-state index is -4.36. The van der Waals surface area contributed by atoms with Crippen LogP contribution in [0.2, 0.25) is 0 Å². The molecule has 1 N–H and O–H groups in total. The molecule has 1 aromatic carbocycles. The van der Waals surface area contributed by atoms with E-state index in [1.165, 1.54) is 12.1 Å². The average Bonchev–Trinajstić information content (AvgIpc) is 2.99. The molecule has 1 aromatic heterocycles. The zero-order valence-electron chi connectivity index (χ0n) is 13.1. The van der Waals surface area contributed by atoms with Crippen LogP contribution in [0.25, 0.3) is 11.3 Å². The molecule has 0 aliphatic rings. The minimum absolute atomic E-state index is 0.0420. The van der Waals surface area contributed by atoms with Gasteiger partial charge in [-0.1, -0.05) is 19.1 Å². The maximum absolute atomic E-state index is 12.6. The van der Waals surface area contributed by atoms with Crippen LogP contribution in [0.4, 0.5) is 13.2 Å². The maximum atomic E-state index is 12.6. The van der Waals surface area contributed by atoms with Crippen molar-refractivity contribution >= 4 is 5.97 Å². The number of benzene rings is 1. The molecule has 0 spiro atoms. The number of rotatable bonds is 7. The summed E-state index contributed by atoms with van der Waals surface area (Å²) < 4.78 is 43.4. The molecule has 7 heteroatoms. The highest BCUT2D eigenvalue weighted by Crippen LogP contribution is 2.31. The fourth-order valence-electron chi connectivity index (χ4n) is 2.26. The first-order chi connectivity index (χ1) is 11.3. The Labute approximate surface area is 137 Å². The second kappa shape index (κ2) is 7.53. The lowest BCUT2D eigenvalue weighted by Gasteiger charge is -2.17. The molecule has 4 nitrogen and oxygen atoms in total. The smallest absolute Gasteiger partial charge is 0.416 e. The van der Waals surface area contributed by atoms with E-state index in [0.717, 1.165) is 12.1 Å². The number of carboxylic acids is 1. The van der Waals surface area contributed by atoms with Crippen LogP contribution < -0.4 is 0 Å². The van der Waals surface area contributed by atoms with Gasteiger partial charge in [0.2, 0.25) is 0 Å². The predicted molar refractivity (Wildman–Crippen MR) is 82.3 cm³/mol. The van der Waals surface area contributed by atoms with Crippen LogP contribution in [0.1, 0.15) is 24.7 Å². The quantitative estimate of drug-likeness (QED) is 0.817. The monoisotopic (exact) mass is 341 g/mol. The summed E-state index contributed by atoms with van der Waals surface area (Å²) in [5.74, 6) is 0.253. The van der Waals surface area contributed by atoms with E-state index in [1.807, 2.05) is 11.8 Å². The molecular formula is C17H18F3NO3. The zero-order chi connectivity index (χ0) is 17.7. The van der Waals surface area contributed by atoms with Gasteiger partial charge in [0.15, 0.2) is 0 Å². The number of carboxylic acid groups (broad SMARTS) is 1. The fraction of sp³-hybridized carbons (Fsp3) is 0.353. The average molecular weight is 341 g/mol. The topological polar surface area (TPSA) is 53.7 Å². The summed E-state index contributed by atoms with van der Waals surface area (Å²) in [5, 5.41) is 8.73. The lowest BCUT2D eigenvalue weighted by molar-refractivity contribution is -0.138. The van der Waals surface area contributed by atoms with Gasteiger partial charge in [0.25, 0.3) is 0 Å². The van der Waals surface area contributed by atoms with Crippen molar-refractivity contribution < 1.29 is 27.5 Å². The molecule has 0 aliphatic carbocycles. The number of halogens is 3. The Hall–Kier alpha value is -2.28. The maximum Gasteiger partial charge on any atom is 0.416 e. The van der Waals surface area contributed by atoms with Crippen LogP contribution in [0.5, 0.6) is 0 Å². The van der Waals surface area contributed by atoms with Gasteiger partial charge in [-0.15, -0.1) is 0 Å². The van der Waals surface area contributed by atoms with Gasteiger partial charge in [-0.3, -0.25) is 9.69 Å². The standard InChI is InChI=1S/C17H18F3NO3/c1-2-21(10-9-16(22)23)11-14-7-8-15(24-14)12-3-5-13(6-4-12)17(18,19)20/h3-8H,2,9-11H2,1H3,(H,22,23). The van der Waals surface area contributed by atoms with E-state index in [-0.39, 0.29) is 6.42 Å². The number of nitrogens with zero attached hydrogens (tertiary/aromatic N) is 1. The molecule has 2 aromatic rings. The number of alkyl halides is 3. The van der Waals surface area contributed by atoms with Gasteiger partial charge in [0.05, 0.1) is 18.5 Å². The van der Waals surface area contributed by atoms with E-state index in [9.17, 15) is 18.0 Å². The molecule has 0 unspecified atom stereocenters. The van der Waals surface area contributed by atoms with E-state index < -0.39 is 17.7 Å². The molecule has 0 bridgehead atoms. The first kappa shape index (κ1) is 18.1. The summed E-state index contributed by atoms with van der Waals surface area (Å²) >= 11 is 0. The van der Waals surface area contributed by atoms with Gasteiger partial charge in [0.1, 0.15) is 11.5 Å². The molecular weight excluding hydrogens is 323 g/mol. The van der Waals surface area contributed by atoms with Crippen molar-refractivity contribution in [2.24, 2.45) is 0 Å². The Balaban J connectivity index is 2.05. The van der Waals surface area contributed by atoms with Crippen LogP contribution >= 0.6 is 0 Å². The largest absolute Gasteiger partial charge is 0.481 e. The van der Waals surface area contributed by atoms with Crippen molar-refractivity contribution in [3.05, 3.63) is 47.7 Å². The van der Waals surface area contributed by atoms with E-state index in [4.69, 9.17) is 9.52 Å². The fourth-order valence-corrected chi connectivity index (χ4v) is 2.26. The predicted octanol–water partition coefficient (Wildman–Crippen LogP) is 4.26. The van der Waals surface area contributed by atoms with Gasteiger partial charge < -0.3 is 9.52 Å². The molecule has 1 heterocycles. The Morgan fingerprint density at radius 1 is 1.17 bits per heavy atom. The molecule has 0 aliphatic heterocycles. The number of hydrogen-bond donors (Lipinski definition) is 1. The molecule has 130 valence electrons. The van der Waals surface area contributed by atoms with E-state index in [1.54, 1.807) is 12.1 Å². The number of aliphatic carboxylic acids is 1. The van der Waals surface area contributed by atoms with Crippen LogP contribution in [-0.4, -0.2) is 29.1 Å². The summed E-state index contributed by atoms with van der Waals surface area (Å²) in [6.45, 7) is 3.44. The van der Waals surface area contributed by atoms with Crippen LogP contribution in [0.15, 0.2) is 40.8 Å². The van der Waals surface area contributed by atoms with Crippen molar-refractivity contribution in [3.8, 4) is 11.3 Å². The molecule has 24 heavy (non-hydrogen) atoms. The highest BCUT2D eigenvalue weighted by Gasteiger charge is 2.30. The SMILES string of the molecule is CCN(CCC(=O)O)Cc1ccc(-c2ccc(C(F)(F)F)cc2)o1. The van der Waals surface area contributed by atoms with Crippen LogP contribution in [0.3, 0.4) is 0 Å². The molecule has 0 saturated heterocycles. The van der Waals surface area contributed by atoms with Crippen molar-refractivity contribution in [2.45, 2.75) is 26.1 Å². The van der Waals surface area contributed by atoms with Crippen molar-refractivity contribution in [1.29, 1.82) is 0 Å². The van der Waals surface area contributed by atoms with Crippen LogP contribution in [-0.2, 0) is 17.5 Å². The summed E-state index contributed by atoms with van der Waals surface area (Å²) in [6, 6.07) is 8.21. The highest BCUT2D eigenvalue weighted by atomic mass is 19.4. The Morgan fingerprint density at radius 2 is 1.83 bits per heavy atom. The number of furan rings is 1. The first-order valence-corrected chi connectivity index (χ1v) is 7.50. The summed E-state index contributed by atoms with van der Waals surface area (Å²) in [4.78, 5) is 12.5. The minimum Gasteiger partial charge on any atom is -0.481 e. The first-order valence-electron chi connectivity index (χ1n) is 7.50. The van der Waals surface area contributed by atoms with Crippen molar-refractivity contribution in [3.63, 3.8) is 0 Å². The van der Waals surface area contributed by atoms with Gasteiger partial charge in [-0.05, 0) is 30.8 Å².